The number of fused-ring (bicyclic) bond motifs is 1. The first-order valence-electron chi connectivity index (χ1n) is 42.5. The fourth-order valence-corrected chi connectivity index (χ4v) is 19.8. The molecule has 1 amide bonds. The summed E-state index contributed by atoms with van der Waals surface area (Å²) in [5.74, 6) is 2.10. The average molecular weight is 1800 g/mol. The summed E-state index contributed by atoms with van der Waals surface area (Å²) >= 11 is 28.5. The summed E-state index contributed by atoms with van der Waals surface area (Å²) in [4.78, 5) is 144. The number of nitrogens with two attached hydrogens (primary N) is 3. The highest BCUT2D eigenvalue weighted by atomic mass is 35.5. The Bertz CT molecular complexity index is 4840. The van der Waals surface area contributed by atoms with Crippen molar-refractivity contribution < 1.29 is 53.4 Å². The van der Waals surface area contributed by atoms with Gasteiger partial charge in [0, 0.05) is 53.2 Å². The van der Waals surface area contributed by atoms with E-state index < -0.39 is 24.0 Å². The number of aromatic nitrogens is 6. The third-order valence-electron chi connectivity index (χ3n) is 23.7. The normalized spacial score (nSPS) is 17.4. The molecule has 0 radical (unpaired) electrons. The smallest absolute Gasteiger partial charge is 0.337 e. The van der Waals surface area contributed by atoms with Crippen molar-refractivity contribution in [1.29, 1.82) is 0 Å². The molecule has 9 N–H and O–H groups in total. The molecule has 646 valence electrons. The molecule has 22 nitrogen and oxygen atoms in total. The molecule has 5 heterocycles. The Balaban J connectivity index is 0.000000162. The molecular formula is C90H112Cl4N10O12S4. The number of aromatic carboxylic acids is 1. The van der Waals surface area contributed by atoms with Crippen LogP contribution in [0.15, 0.2) is 90.5 Å². The first-order chi connectivity index (χ1) is 57.6. The summed E-state index contributed by atoms with van der Waals surface area (Å²) in [6.07, 6.45) is 44.5. The molecular weight excluding hydrogens is 1680 g/mol. The Morgan fingerprint density at radius 1 is 0.442 bits per heavy atom. The van der Waals surface area contributed by atoms with E-state index in [0.717, 1.165) is 114 Å². The summed E-state index contributed by atoms with van der Waals surface area (Å²) in [5, 5.41) is 23.5. The number of carboxylic acid groups (broad SMARTS) is 2. The second-order valence-corrected chi connectivity index (χ2v) is 40.5. The van der Waals surface area contributed by atoms with E-state index in [1.165, 1.54) is 164 Å². The van der Waals surface area contributed by atoms with Gasteiger partial charge < -0.3 is 32.7 Å². The lowest BCUT2D eigenvalue weighted by Crippen LogP contribution is -2.43. The van der Waals surface area contributed by atoms with Crippen molar-refractivity contribution in [3.05, 3.63) is 156 Å². The Hall–Kier alpha value is -7.69. The zero-order chi connectivity index (χ0) is 85.9. The first-order valence-corrected chi connectivity index (χ1v) is 47.3. The number of hydrogen-bond acceptors (Lipinski definition) is 22. The third kappa shape index (κ3) is 31.3. The fourth-order valence-electron chi connectivity index (χ4n) is 16.2. The molecule has 8 aromatic rings. The maximum Gasteiger partial charge on any atom is 0.337 e. The molecule has 5 aromatic heterocycles. The molecule has 4 atom stereocenters. The van der Waals surface area contributed by atoms with Gasteiger partial charge in [0.1, 0.15) is 38.2 Å². The SMILES string of the molecule is CC(CC1CCCCC1)C(=O)Cc1ncc(Cl)s1.CC(CC1CCCCC1)C(=O)O.Nc1cc(C(=O)CC2CC2)ccc1C(=O)NC(CC1CCCCC1)C(=O)Cc1ncc(Cl)s1.Nc1cc(C(=O)CC2CC2)ccc1C(=O)O.Nc1ncc(Cl)s1.O=C(CC1CC1)c1ccc2c(=O)n(C(CC3CCCCC3)C(=O)Cc3ncc(Cl)s3)cnc2c1. The van der Waals surface area contributed by atoms with Crippen LogP contribution in [-0.2, 0) is 38.4 Å². The van der Waals surface area contributed by atoms with E-state index in [1.54, 1.807) is 48.8 Å². The summed E-state index contributed by atoms with van der Waals surface area (Å²) in [5.41, 5.74) is 19.6. The first kappa shape index (κ1) is 94.6. The molecule has 0 aliphatic heterocycles. The minimum absolute atomic E-state index is 0.0444. The molecule has 0 saturated heterocycles. The molecule has 7 aliphatic carbocycles. The number of carboxylic acids is 2. The molecule has 0 spiro atoms. The molecule has 15 rings (SSSR count). The summed E-state index contributed by atoms with van der Waals surface area (Å²) in [6, 6.07) is 13.1. The van der Waals surface area contributed by atoms with Crippen molar-refractivity contribution in [2.24, 2.45) is 53.3 Å². The highest BCUT2D eigenvalue weighted by Crippen LogP contribution is 2.39. The second-order valence-electron chi connectivity index (χ2n) is 33.6. The molecule has 3 aromatic carbocycles. The zero-order valence-electron chi connectivity index (χ0n) is 68.4. The monoisotopic (exact) mass is 1790 g/mol. The highest BCUT2D eigenvalue weighted by molar-refractivity contribution is 7.19. The number of Topliss-reactive ketones (excluding diaryl/α,β-unsaturated/α-hetero) is 6. The van der Waals surface area contributed by atoms with Gasteiger partial charge in [-0.15, -0.1) is 34.0 Å². The van der Waals surface area contributed by atoms with Gasteiger partial charge in [0.15, 0.2) is 34.0 Å². The topological polar surface area (TPSA) is 371 Å². The van der Waals surface area contributed by atoms with Gasteiger partial charge in [-0.05, 0) is 142 Å². The predicted molar refractivity (Wildman–Crippen MR) is 480 cm³/mol. The lowest BCUT2D eigenvalue weighted by atomic mass is 9.82. The molecule has 7 aliphatic rings. The maximum atomic E-state index is 13.5. The minimum atomic E-state index is -1.07. The summed E-state index contributed by atoms with van der Waals surface area (Å²) < 4.78 is 3.88. The number of benzene rings is 3. The van der Waals surface area contributed by atoms with Gasteiger partial charge in [-0.2, -0.15) is 0 Å². The van der Waals surface area contributed by atoms with Crippen LogP contribution in [0.3, 0.4) is 0 Å². The lowest BCUT2D eigenvalue weighted by molar-refractivity contribution is -0.141. The Morgan fingerprint density at radius 2 is 0.825 bits per heavy atom. The van der Waals surface area contributed by atoms with E-state index in [1.807, 2.05) is 6.92 Å². The number of nitrogen functional groups attached to an aromatic ring is 3. The summed E-state index contributed by atoms with van der Waals surface area (Å²) in [6.45, 7) is 3.88. The van der Waals surface area contributed by atoms with Gasteiger partial charge in [-0.1, -0.05) is 218 Å². The molecule has 0 bridgehead atoms. The van der Waals surface area contributed by atoms with Crippen LogP contribution in [0.1, 0.15) is 299 Å². The van der Waals surface area contributed by atoms with E-state index >= 15 is 0 Å². The van der Waals surface area contributed by atoms with Crippen LogP contribution >= 0.6 is 91.8 Å². The Morgan fingerprint density at radius 3 is 1.21 bits per heavy atom. The number of carbonyl (C=O) groups is 9. The highest BCUT2D eigenvalue weighted by Gasteiger charge is 2.33. The quantitative estimate of drug-likeness (QED) is 0.0174. The van der Waals surface area contributed by atoms with Gasteiger partial charge in [-0.25, -0.2) is 29.7 Å². The predicted octanol–water partition coefficient (Wildman–Crippen LogP) is 21.6. The fraction of sp³-hybridized carbons (Fsp3) is 0.544. The third-order valence-corrected chi connectivity index (χ3v) is 27.9. The minimum Gasteiger partial charge on any atom is -0.481 e. The average Bonchev–Trinajstić information content (AvgIpc) is 1.22. The number of hydrogen-bond donors (Lipinski definition) is 6. The van der Waals surface area contributed by atoms with Crippen molar-refractivity contribution in [3.8, 4) is 0 Å². The van der Waals surface area contributed by atoms with Crippen molar-refractivity contribution in [1.82, 2.24) is 34.8 Å². The number of halogens is 4. The number of anilines is 3. The van der Waals surface area contributed by atoms with Crippen molar-refractivity contribution >= 4 is 172 Å². The lowest BCUT2D eigenvalue weighted by Gasteiger charge is -2.27. The number of nitrogens with one attached hydrogen (secondary N) is 1. The second kappa shape index (κ2) is 47.2. The number of nitrogens with zero attached hydrogens (tertiary/aromatic N) is 6. The van der Waals surface area contributed by atoms with Crippen LogP contribution in [0.25, 0.3) is 10.9 Å². The van der Waals surface area contributed by atoms with Gasteiger partial charge in [0.2, 0.25) is 0 Å². The zero-order valence-corrected chi connectivity index (χ0v) is 74.7. The molecule has 4 unspecified atom stereocenters. The Kier molecular flexibility index (Phi) is 37.2. The maximum absolute atomic E-state index is 13.5. The molecule has 30 heteroatoms. The number of rotatable bonds is 31. The molecule has 7 saturated carbocycles. The number of amides is 1. The van der Waals surface area contributed by atoms with Crippen LogP contribution in [0.5, 0.6) is 0 Å². The van der Waals surface area contributed by atoms with Gasteiger partial charge >= 0.3 is 11.9 Å². The van der Waals surface area contributed by atoms with Crippen LogP contribution in [0.4, 0.5) is 16.5 Å². The number of thiazole rings is 4. The van der Waals surface area contributed by atoms with Gasteiger partial charge in [0.05, 0.1) is 90.4 Å². The van der Waals surface area contributed by atoms with Crippen LogP contribution < -0.4 is 28.1 Å². The van der Waals surface area contributed by atoms with Crippen LogP contribution in [0, 0.1) is 53.3 Å². The van der Waals surface area contributed by atoms with E-state index in [9.17, 15) is 47.9 Å². The van der Waals surface area contributed by atoms with Gasteiger partial charge in [-0.3, -0.25) is 47.7 Å². The van der Waals surface area contributed by atoms with E-state index in [4.69, 9.17) is 73.8 Å². The largest absolute Gasteiger partial charge is 0.481 e. The van der Waals surface area contributed by atoms with Crippen molar-refractivity contribution in [2.75, 3.05) is 17.2 Å². The Labute approximate surface area is 738 Å². The summed E-state index contributed by atoms with van der Waals surface area (Å²) in [7, 11) is 0. The van der Waals surface area contributed by atoms with Crippen molar-refractivity contribution in [3.63, 3.8) is 0 Å². The van der Waals surface area contributed by atoms with Gasteiger partial charge in [0.25, 0.3) is 11.5 Å². The molecule has 7 fully saturated rings. The van der Waals surface area contributed by atoms with E-state index in [2.05, 4.69) is 37.2 Å². The van der Waals surface area contributed by atoms with E-state index in [0.29, 0.717) is 140 Å². The van der Waals surface area contributed by atoms with Crippen molar-refractivity contribution in [2.45, 2.75) is 257 Å². The number of aliphatic carboxylic acids is 1. The van der Waals surface area contributed by atoms with E-state index in [-0.39, 0.29) is 87.6 Å². The standard InChI is InChI=1S/C26H28ClN3O3S.C25H30ClN3O3S.C14H20ClNOS.C12H13NO3.C10H18O2.C3H3ClN2S/c27-24-14-28-25(34-24)13-23(32)21(10-16-4-2-1-3-5-16)30-15-29-20-12-18(8-9-19(20)26(30)33)22(31)11-17-6-7-17;26-23-14-28-24(33-23)13-22(31)20(10-15-4-2-1-3-5-15)29-25(32)18-9-8-17(12-19(18)27)21(30)11-16-6-7-16;1-10(7-11-5-3-2-4-6-11)12(17)8-14-16-9-13(15)18-14;13-10-6-8(3-4-9(10)12(15)16)11(14)5-7-1-2-7;1-8(10(11)12)7-9-5-3-2-4-6-9;4-2-1-6-3(5)7-2/h8-9,12,14-17,21H,1-7,10-11,13H2;8-9,12,14-16,20H,1-7,10-11,13,27H2,(H,29,32);9-11H,2-8H2,1H3;3-4,6-7H,1-2,5,13H2,(H,15,16);8-9H,2-7H2,1H3,(H,11,12);1H,(H2,5,6). The van der Waals surface area contributed by atoms with Crippen LogP contribution in [0.2, 0.25) is 17.3 Å². The number of ketones is 6. The van der Waals surface area contributed by atoms with Crippen LogP contribution in [-0.4, -0.2) is 98.3 Å². The molecule has 120 heavy (non-hydrogen) atoms. The number of carbonyl (C=O) groups excluding carboxylic acids is 7.